The number of aryl methyl sites for hydroxylation is 2. The Bertz CT molecular complexity index is 1360. The average molecular weight is 473 g/mol. The molecule has 0 saturated carbocycles. The first-order chi connectivity index (χ1) is 15.6. The van der Waals surface area contributed by atoms with Gasteiger partial charge < -0.3 is 0 Å². The zero-order chi connectivity index (χ0) is 23.6. The Hall–Kier alpha value is -3.57. The van der Waals surface area contributed by atoms with E-state index in [0.29, 0.717) is 11.3 Å². The summed E-state index contributed by atoms with van der Waals surface area (Å²) < 4.78 is 66.9. The van der Waals surface area contributed by atoms with E-state index in [-0.39, 0.29) is 34.7 Å². The molecule has 0 aliphatic rings. The molecule has 7 nitrogen and oxygen atoms in total. The molecule has 11 heteroatoms. The highest BCUT2D eigenvalue weighted by Crippen LogP contribution is 2.42. The van der Waals surface area contributed by atoms with E-state index in [1.165, 1.54) is 48.8 Å². The van der Waals surface area contributed by atoms with Crippen LogP contribution in [-0.2, 0) is 29.2 Å². The Kier molecular flexibility index (Phi) is 6.00. The number of pyridine rings is 2. The number of alkyl halides is 3. The maximum atomic E-state index is 14.3. The van der Waals surface area contributed by atoms with Crippen LogP contribution in [0.15, 0.2) is 78.1 Å². The molecular weight excluding hydrogens is 455 g/mol. The van der Waals surface area contributed by atoms with Crippen molar-refractivity contribution in [2.24, 2.45) is 5.14 Å². The number of hydrogen-bond acceptors (Lipinski definition) is 5. The molecule has 0 atom stereocenters. The molecule has 0 bridgehead atoms. The molecule has 0 aliphatic carbocycles. The molecular formula is C22H18F3N5O2S. The van der Waals surface area contributed by atoms with Crippen LogP contribution in [0.3, 0.4) is 0 Å². The lowest BCUT2D eigenvalue weighted by Gasteiger charge is -2.13. The molecule has 170 valence electrons. The minimum Gasteiger partial charge on any atom is -0.265 e. The highest BCUT2D eigenvalue weighted by molar-refractivity contribution is 7.89. The summed E-state index contributed by atoms with van der Waals surface area (Å²) in [5, 5.41) is 9.44. The van der Waals surface area contributed by atoms with Crippen molar-refractivity contribution in [2.75, 3.05) is 0 Å². The van der Waals surface area contributed by atoms with Gasteiger partial charge in [-0.25, -0.2) is 13.6 Å². The highest BCUT2D eigenvalue weighted by Gasteiger charge is 2.40. The van der Waals surface area contributed by atoms with Crippen molar-refractivity contribution >= 4 is 10.0 Å². The van der Waals surface area contributed by atoms with Crippen molar-refractivity contribution in [1.29, 1.82) is 0 Å². The molecule has 0 saturated heterocycles. The number of sulfonamides is 1. The SMILES string of the molecule is NS(=O)(=O)c1ccc(-c2nn(CCc3ccccn3)c(C(F)(F)F)c2-c2ccncc2)cc1. The number of aromatic nitrogens is 4. The van der Waals surface area contributed by atoms with Gasteiger partial charge in [-0.2, -0.15) is 18.3 Å². The number of nitrogens with two attached hydrogens (primary N) is 1. The molecule has 0 fully saturated rings. The minimum absolute atomic E-state index is 0.0563. The van der Waals surface area contributed by atoms with Crippen molar-refractivity contribution in [2.45, 2.75) is 24.0 Å². The smallest absolute Gasteiger partial charge is 0.265 e. The predicted octanol–water partition coefficient (Wildman–Crippen LogP) is 3.92. The monoisotopic (exact) mass is 473 g/mol. The van der Waals surface area contributed by atoms with Gasteiger partial charge in [-0.3, -0.25) is 14.6 Å². The first-order valence-corrected chi connectivity index (χ1v) is 11.3. The standard InChI is InChI=1S/C22H18F3N5O2S/c23-22(24,25)21-19(15-8-12-27-13-9-15)20(16-4-6-18(7-5-16)33(26,31)32)29-30(21)14-10-17-3-1-2-11-28-17/h1-9,11-13H,10,14H2,(H2,26,31,32). The first-order valence-electron chi connectivity index (χ1n) is 9.76. The van der Waals surface area contributed by atoms with Gasteiger partial charge >= 0.3 is 6.18 Å². The van der Waals surface area contributed by atoms with E-state index in [2.05, 4.69) is 15.1 Å². The second kappa shape index (κ2) is 8.75. The van der Waals surface area contributed by atoms with Crippen LogP contribution in [0.1, 0.15) is 11.4 Å². The Morgan fingerprint density at radius 2 is 1.61 bits per heavy atom. The summed E-state index contributed by atoms with van der Waals surface area (Å²) in [5.74, 6) is 0. The van der Waals surface area contributed by atoms with E-state index in [1.807, 2.05) is 0 Å². The van der Waals surface area contributed by atoms with Crippen molar-refractivity contribution in [3.05, 3.63) is 84.6 Å². The molecule has 0 radical (unpaired) electrons. The number of rotatable bonds is 6. The first kappa shape index (κ1) is 22.6. The van der Waals surface area contributed by atoms with Gasteiger partial charge in [-0.1, -0.05) is 18.2 Å². The molecule has 2 N–H and O–H groups in total. The van der Waals surface area contributed by atoms with Crippen LogP contribution in [0.4, 0.5) is 13.2 Å². The topological polar surface area (TPSA) is 104 Å². The fraction of sp³-hybridized carbons (Fsp3) is 0.136. The lowest BCUT2D eigenvalue weighted by Crippen LogP contribution is -2.17. The van der Waals surface area contributed by atoms with Crippen LogP contribution in [-0.4, -0.2) is 28.2 Å². The summed E-state index contributed by atoms with van der Waals surface area (Å²) in [6.45, 7) is -0.0563. The number of halogens is 3. The second-order valence-electron chi connectivity index (χ2n) is 7.17. The molecule has 0 aliphatic heterocycles. The van der Waals surface area contributed by atoms with Gasteiger partial charge in [0.2, 0.25) is 10.0 Å². The van der Waals surface area contributed by atoms with E-state index in [0.717, 1.165) is 4.68 Å². The zero-order valence-electron chi connectivity index (χ0n) is 17.1. The number of benzene rings is 1. The number of nitrogens with zero attached hydrogens (tertiary/aromatic N) is 4. The van der Waals surface area contributed by atoms with E-state index in [1.54, 1.807) is 24.4 Å². The van der Waals surface area contributed by atoms with Crippen LogP contribution in [0.25, 0.3) is 22.4 Å². The molecule has 4 aromatic rings. The fourth-order valence-corrected chi connectivity index (χ4v) is 3.99. The summed E-state index contributed by atoms with van der Waals surface area (Å²) in [6, 6.07) is 13.4. The van der Waals surface area contributed by atoms with Crippen LogP contribution in [0.2, 0.25) is 0 Å². The molecule has 0 spiro atoms. The summed E-state index contributed by atoms with van der Waals surface area (Å²) in [5.41, 5.74) is 0.272. The van der Waals surface area contributed by atoms with E-state index < -0.39 is 21.9 Å². The largest absolute Gasteiger partial charge is 0.433 e. The molecule has 4 rings (SSSR count). The van der Waals surface area contributed by atoms with Crippen LogP contribution >= 0.6 is 0 Å². The maximum absolute atomic E-state index is 14.3. The highest BCUT2D eigenvalue weighted by atomic mass is 32.2. The summed E-state index contributed by atoms with van der Waals surface area (Å²) in [7, 11) is -3.95. The van der Waals surface area contributed by atoms with Crippen molar-refractivity contribution in [3.8, 4) is 22.4 Å². The van der Waals surface area contributed by atoms with Crippen molar-refractivity contribution in [3.63, 3.8) is 0 Å². The summed E-state index contributed by atoms with van der Waals surface area (Å²) in [4.78, 5) is 7.90. The van der Waals surface area contributed by atoms with Crippen molar-refractivity contribution < 1.29 is 21.6 Å². The Balaban J connectivity index is 1.88. The Morgan fingerprint density at radius 1 is 0.909 bits per heavy atom. The number of primary sulfonamides is 1. The lowest BCUT2D eigenvalue weighted by molar-refractivity contribution is -0.143. The number of hydrogen-bond donors (Lipinski definition) is 1. The van der Waals surface area contributed by atoms with Gasteiger partial charge in [-0.05, 0) is 42.0 Å². The lowest BCUT2D eigenvalue weighted by atomic mass is 9.99. The van der Waals surface area contributed by atoms with Gasteiger partial charge in [0, 0.05) is 48.4 Å². The minimum atomic E-state index is -4.70. The third kappa shape index (κ3) is 4.94. The van der Waals surface area contributed by atoms with Gasteiger partial charge in [0.1, 0.15) is 5.69 Å². The Morgan fingerprint density at radius 3 is 2.18 bits per heavy atom. The zero-order valence-corrected chi connectivity index (χ0v) is 17.9. The molecule has 1 aromatic carbocycles. The average Bonchev–Trinajstić information content (AvgIpc) is 3.19. The fourth-order valence-electron chi connectivity index (χ4n) is 3.47. The van der Waals surface area contributed by atoms with Gasteiger partial charge in [0.25, 0.3) is 0 Å². The van der Waals surface area contributed by atoms with Crippen LogP contribution < -0.4 is 5.14 Å². The molecule has 33 heavy (non-hydrogen) atoms. The quantitative estimate of drug-likeness (QED) is 0.457. The summed E-state index contributed by atoms with van der Waals surface area (Å²) in [6.07, 6.45) is -0.0904. The third-order valence-electron chi connectivity index (χ3n) is 4.95. The maximum Gasteiger partial charge on any atom is 0.433 e. The third-order valence-corrected chi connectivity index (χ3v) is 5.88. The summed E-state index contributed by atoms with van der Waals surface area (Å²) >= 11 is 0. The van der Waals surface area contributed by atoms with Gasteiger partial charge in [-0.15, -0.1) is 0 Å². The van der Waals surface area contributed by atoms with Gasteiger partial charge in [0.15, 0.2) is 5.69 Å². The van der Waals surface area contributed by atoms with Crippen molar-refractivity contribution in [1.82, 2.24) is 19.7 Å². The molecule has 0 amide bonds. The predicted molar refractivity (Wildman–Crippen MR) is 115 cm³/mol. The molecule has 3 aromatic heterocycles. The molecule has 3 heterocycles. The van der Waals surface area contributed by atoms with Crippen LogP contribution in [0.5, 0.6) is 0 Å². The second-order valence-corrected chi connectivity index (χ2v) is 8.73. The van der Waals surface area contributed by atoms with E-state index >= 15 is 0 Å². The molecule has 0 unspecified atom stereocenters. The normalized spacial score (nSPS) is 12.1. The van der Waals surface area contributed by atoms with E-state index in [4.69, 9.17) is 5.14 Å². The van der Waals surface area contributed by atoms with E-state index in [9.17, 15) is 21.6 Å². The van der Waals surface area contributed by atoms with Gasteiger partial charge in [0.05, 0.1) is 4.90 Å². The Labute approximate surface area is 187 Å². The van der Waals surface area contributed by atoms with Crippen LogP contribution in [0, 0.1) is 0 Å².